The number of rotatable bonds is 5. The van der Waals surface area contributed by atoms with Crippen LogP contribution in [-0.4, -0.2) is 43.7 Å². The zero-order valence-electron chi connectivity index (χ0n) is 23.2. The minimum absolute atomic E-state index is 0.240. The Labute approximate surface area is 252 Å². The van der Waals surface area contributed by atoms with Crippen LogP contribution in [0.2, 0.25) is 5.02 Å². The van der Waals surface area contributed by atoms with Crippen LogP contribution in [0.5, 0.6) is 11.5 Å². The van der Waals surface area contributed by atoms with Gasteiger partial charge < -0.3 is 14.4 Å². The zero-order chi connectivity index (χ0) is 30.0. The minimum atomic E-state index is -1.74. The van der Waals surface area contributed by atoms with Gasteiger partial charge in [0, 0.05) is 45.5 Å². The standard InChI is InChI=1S/C35H25ClFNO5/c1-42-21-13-14-25(28(18-21)43-2)30-31(32(39)24-9-5-6-10-26(24)36)38-27-15-12-20(37)17-19(27)11-16-29(38)35(30)33(40)22-7-3-4-8-23(22)34(35)41/h3-18,29-31H,1-2H3/t29-,30-,31+/m0/s1. The van der Waals surface area contributed by atoms with Gasteiger partial charge >= 0.3 is 0 Å². The first-order valence-electron chi connectivity index (χ1n) is 13.8. The van der Waals surface area contributed by atoms with Crippen LogP contribution in [0, 0.1) is 11.2 Å². The van der Waals surface area contributed by atoms with Crippen molar-refractivity contribution >= 4 is 40.7 Å². The quantitative estimate of drug-likeness (QED) is 0.187. The average Bonchev–Trinajstić information content (AvgIpc) is 3.46. The van der Waals surface area contributed by atoms with Crippen molar-refractivity contribution in [3.63, 3.8) is 0 Å². The molecule has 3 atom stereocenters. The molecule has 0 unspecified atom stereocenters. The van der Waals surface area contributed by atoms with Crippen LogP contribution in [0.15, 0.2) is 91.0 Å². The summed E-state index contributed by atoms with van der Waals surface area (Å²) in [5.74, 6) is -1.73. The highest BCUT2D eigenvalue weighted by atomic mass is 35.5. The number of carbonyl (C=O) groups is 3. The van der Waals surface area contributed by atoms with Gasteiger partial charge in [0.05, 0.1) is 25.3 Å². The van der Waals surface area contributed by atoms with Crippen LogP contribution in [0.3, 0.4) is 0 Å². The molecule has 1 fully saturated rings. The number of Topliss-reactive ketones (excluding diaryl/α,β-unsaturated/α-hetero) is 3. The molecular weight excluding hydrogens is 569 g/mol. The maximum Gasteiger partial charge on any atom is 0.187 e. The van der Waals surface area contributed by atoms with Gasteiger partial charge in [0.15, 0.2) is 17.3 Å². The lowest BCUT2D eigenvalue weighted by Crippen LogP contribution is -2.48. The number of ether oxygens (including phenoxy) is 2. The van der Waals surface area contributed by atoms with E-state index in [1.165, 1.54) is 26.4 Å². The van der Waals surface area contributed by atoms with Crippen molar-refractivity contribution in [1.29, 1.82) is 0 Å². The van der Waals surface area contributed by atoms with Crippen LogP contribution in [-0.2, 0) is 0 Å². The fourth-order valence-corrected chi connectivity index (χ4v) is 7.42. The topological polar surface area (TPSA) is 72.9 Å². The molecule has 0 radical (unpaired) electrons. The highest BCUT2D eigenvalue weighted by Crippen LogP contribution is 2.62. The van der Waals surface area contributed by atoms with Gasteiger partial charge in [-0.2, -0.15) is 0 Å². The molecule has 1 saturated heterocycles. The summed E-state index contributed by atoms with van der Waals surface area (Å²) in [7, 11) is 3.01. The van der Waals surface area contributed by atoms with E-state index in [9.17, 15) is 18.8 Å². The van der Waals surface area contributed by atoms with E-state index in [1.54, 1.807) is 89.8 Å². The highest BCUT2D eigenvalue weighted by molar-refractivity contribution is 6.35. The summed E-state index contributed by atoms with van der Waals surface area (Å²) in [5, 5.41) is 0.240. The van der Waals surface area contributed by atoms with E-state index in [0.29, 0.717) is 39.4 Å². The Balaban J connectivity index is 1.58. The van der Waals surface area contributed by atoms with Gasteiger partial charge in [-0.05, 0) is 36.4 Å². The maximum absolute atomic E-state index is 14.8. The molecule has 0 N–H and O–H groups in total. The minimum Gasteiger partial charge on any atom is -0.497 e. The molecule has 1 aliphatic carbocycles. The molecule has 0 aromatic heterocycles. The lowest BCUT2D eigenvalue weighted by molar-refractivity contribution is 0.0665. The highest BCUT2D eigenvalue weighted by Gasteiger charge is 2.72. The number of halogens is 2. The van der Waals surface area contributed by atoms with Crippen LogP contribution in [0.4, 0.5) is 10.1 Å². The van der Waals surface area contributed by atoms with Gasteiger partial charge in [-0.1, -0.05) is 66.2 Å². The predicted octanol–water partition coefficient (Wildman–Crippen LogP) is 6.81. The van der Waals surface area contributed by atoms with E-state index in [0.717, 1.165) is 0 Å². The van der Waals surface area contributed by atoms with Crippen molar-refractivity contribution in [2.75, 3.05) is 19.1 Å². The lowest BCUT2D eigenvalue weighted by Gasteiger charge is -2.37. The molecule has 1 spiro atoms. The third kappa shape index (κ3) is 3.67. The zero-order valence-corrected chi connectivity index (χ0v) is 24.0. The largest absolute Gasteiger partial charge is 0.497 e. The third-order valence-corrected chi connectivity index (χ3v) is 9.28. The Morgan fingerprint density at radius 3 is 2.26 bits per heavy atom. The summed E-state index contributed by atoms with van der Waals surface area (Å²) in [5.41, 5.74) is 0.663. The second-order valence-electron chi connectivity index (χ2n) is 10.9. The molecular formula is C35H25ClFNO5. The number of hydrogen-bond donors (Lipinski definition) is 0. The Hall–Kier alpha value is -4.75. The first kappa shape index (κ1) is 27.1. The third-order valence-electron chi connectivity index (χ3n) is 8.95. The summed E-state index contributed by atoms with van der Waals surface area (Å²) >= 11 is 6.59. The second kappa shape index (κ2) is 9.92. The van der Waals surface area contributed by atoms with Crippen molar-refractivity contribution in [2.24, 2.45) is 5.41 Å². The Morgan fingerprint density at radius 1 is 0.884 bits per heavy atom. The number of anilines is 1. The van der Waals surface area contributed by atoms with Crippen molar-refractivity contribution in [3.8, 4) is 11.5 Å². The van der Waals surface area contributed by atoms with Crippen molar-refractivity contribution in [2.45, 2.75) is 18.0 Å². The van der Waals surface area contributed by atoms with Crippen LogP contribution in [0.25, 0.3) is 6.08 Å². The van der Waals surface area contributed by atoms with E-state index < -0.39 is 29.2 Å². The van der Waals surface area contributed by atoms with Gasteiger partial charge in [-0.25, -0.2) is 4.39 Å². The first-order valence-corrected chi connectivity index (χ1v) is 14.2. The monoisotopic (exact) mass is 593 g/mol. The molecule has 8 heteroatoms. The molecule has 7 rings (SSSR count). The summed E-state index contributed by atoms with van der Waals surface area (Å²) in [6, 6.07) is 20.9. The fourth-order valence-electron chi connectivity index (χ4n) is 7.19. The number of ketones is 3. The average molecular weight is 594 g/mol. The van der Waals surface area contributed by atoms with E-state index >= 15 is 0 Å². The molecule has 0 bridgehead atoms. The van der Waals surface area contributed by atoms with Crippen LogP contribution < -0.4 is 14.4 Å². The number of hydrogen-bond acceptors (Lipinski definition) is 6. The van der Waals surface area contributed by atoms with Crippen LogP contribution >= 0.6 is 11.6 Å². The molecule has 4 aromatic rings. The normalized spacial score (nSPS) is 21.0. The smallest absolute Gasteiger partial charge is 0.187 e. The summed E-state index contributed by atoms with van der Waals surface area (Å²) in [4.78, 5) is 46.2. The Bertz CT molecular complexity index is 1850. The van der Waals surface area contributed by atoms with E-state index in [4.69, 9.17) is 21.1 Å². The van der Waals surface area contributed by atoms with Gasteiger partial charge in [-0.15, -0.1) is 0 Å². The number of fused-ring (bicyclic) bond motifs is 5. The SMILES string of the molecule is COc1ccc([C@H]2[C@H](C(=O)c3ccccc3Cl)N3c4ccc(F)cc4C=C[C@H]3C23C(=O)c2ccccc2C3=O)c(OC)c1. The molecule has 0 saturated carbocycles. The number of carbonyl (C=O) groups excluding carboxylic acids is 3. The summed E-state index contributed by atoms with van der Waals surface area (Å²) < 4.78 is 25.7. The molecule has 0 amide bonds. The number of nitrogens with zero attached hydrogens (tertiary/aromatic N) is 1. The molecule has 214 valence electrons. The van der Waals surface area contributed by atoms with Gasteiger partial charge in [0.2, 0.25) is 0 Å². The van der Waals surface area contributed by atoms with E-state index in [2.05, 4.69) is 0 Å². The molecule has 2 heterocycles. The Kier molecular flexibility index (Phi) is 6.25. The summed E-state index contributed by atoms with van der Waals surface area (Å²) in [6.07, 6.45) is 3.46. The van der Waals surface area contributed by atoms with Crippen molar-refractivity contribution in [3.05, 3.63) is 130 Å². The first-order chi connectivity index (χ1) is 20.8. The fraction of sp³-hybridized carbons (Fsp3) is 0.171. The molecule has 43 heavy (non-hydrogen) atoms. The summed E-state index contributed by atoms with van der Waals surface area (Å²) in [6.45, 7) is 0. The second-order valence-corrected chi connectivity index (χ2v) is 11.3. The van der Waals surface area contributed by atoms with Gasteiger partial charge in [0.1, 0.15) is 28.8 Å². The molecule has 3 aliphatic rings. The van der Waals surface area contributed by atoms with Gasteiger partial charge in [0.25, 0.3) is 0 Å². The van der Waals surface area contributed by atoms with Gasteiger partial charge in [-0.3, -0.25) is 14.4 Å². The van der Waals surface area contributed by atoms with E-state index in [-0.39, 0.29) is 27.9 Å². The van der Waals surface area contributed by atoms with Crippen molar-refractivity contribution in [1.82, 2.24) is 0 Å². The van der Waals surface area contributed by atoms with Crippen LogP contribution in [0.1, 0.15) is 48.1 Å². The molecule has 4 aromatic carbocycles. The van der Waals surface area contributed by atoms with Crippen molar-refractivity contribution < 1.29 is 28.2 Å². The lowest BCUT2D eigenvalue weighted by atomic mass is 9.64. The predicted molar refractivity (Wildman–Crippen MR) is 161 cm³/mol. The number of benzene rings is 4. The Morgan fingerprint density at radius 2 is 1.58 bits per heavy atom. The maximum atomic E-state index is 14.8. The number of methoxy groups -OCH3 is 2. The molecule has 2 aliphatic heterocycles. The molecule has 6 nitrogen and oxygen atoms in total. The van der Waals surface area contributed by atoms with E-state index in [1.807, 2.05) is 0 Å².